The van der Waals surface area contributed by atoms with E-state index in [2.05, 4.69) is 37.7 Å². The van der Waals surface area contributed by atoms with Crippen LogP contribution in [0.2, 0.25) is 0 Å². The van der Waals surface area contributed by atoms with Gasteiger partial charge in [-0.05, 0) is 24.6 Å². The average molecular weight is 553 g/mol. The number of hydrogen-bond acceptors (Lipinski definition) is 4. The van der Waals surface area contributed by atoms with E-state index in [1.54, 1.807) is 31.3 Å². The van der Waals surface area contributed by atoms with Crippen LogP contribution in [0.4, 0.5) is 18.9 Å². The minimum Gasteiger partial charge on any atom is -0.326 e. The number of likely N-dealkylation sites (N-methyl/N-ethyl adjacent to an activating group) is 1. The number of para-hydroxylation sites is 1. The first-order valence-electron chi connectivity index (χ1n) is 11.4. The van der Waals surface area contributed by atoms with E-state index >= 15 is 0 Å². The largest absolute Gasteiger partial charge is 0.416 e. The molecule has 0 aliphatic carbocycles. The van der Waals surface area contributed by atoms with Crippen molar-refractivity contribution in [1.29, 1.82) is 0 Å². The molecular weight excluding hydrogens is 525 g/mol. The fraction of sp³-hybridized carbons (Fsp3) is 0.400. The Morgan fingerprint density at radius 2 is 1.83 bits per heavy atom. The number of aliphatic imine (C=N–C) groups is 1. The van der Waals surface area contributed by atoms with Gasteiger partial charge < -0.3 is 10.2 Å². The third kappa shape index (κ3) is 6.49. The number of anilines is 1. The molecule has 2 aromatic carbocycles. The zero-order valence-corrected chi connectivity index (χ0v) is 21.1. The van der Waals surface area contributed by atoms with Gasteiger partial charge in [0.1, 0.15) is 0 Å². The maximum atomic E-state index is 13.3. The van der Waals surface area contributed by atoms with Gasteiger partial charge >= 0.3 is 6.18 Å². The van der Waals surface area contributed by atoms with Crippen molar-refractivity contribution in [3.8, 4) is 0 Å². The molecule has 1 aliphatic heterocycles. The van der Waals surface area contributed by atoms with Crippen LogP contribution in [0.3, 0.4) is 0 Å². The molecule has 35 heavy (non-hydrogen) atoms. The average Bonchev–Trinajstić information content (AvgIpc) is 2.94. The van der Waals surface area contributed by atoms with Gasteiger partial charge in [0, 0.05) is 40.9 Å². The van der Waals surface area contributed by atoms with E-state index in [9.17, 15) is 22.8 Å². The Morgan fingerprint density at radius 3 is 2.46 bits per heavy atom. The molecule has 0 saturated carbocycles. The number of alkyl halides is 3. The van der Waals surface area contributed by atoms with E-state index in [0.717, 1.165) is 31.4 Å². The summed E-state index contributed by atoms with van der Waals surface area (Å²) in [5, 5.41) is 2.76. The second-order valence-electron chi connectivity index (χ2n) is 8.41. The number of hydrogen-bond donors (Lipinski definition) is 2. The van der Waals surface area contributed by atoms with Gasteiger partial charge in [-0.3, -0.25) is 13.9 Å². The van der Waals surface area contributed by atoms with Crippen molar-refractivity contribution in [2.45, 2.75) is 44.9 Å². The molecule has 0 aromatic heterocycles. The highest BCUT2D eigenvalue weighted by atomic mass is 79.9. The number of fused-ring (bicyclic) bond motifs is 1. The van der Waals surface area contributed by atoms with Crippen LogP contribution >= 0.6 is 16.1 Å². The summed E-state index contributed by atoms with van der Waals surface area (Å²) >= 11 is 3.15. The predicted molar refractivity (Wildman–Crippen MR) is 133 cm³/mol. The Bertz CT molecular complexity index is 1070. The molecule has 1 heterocycles. The Morgan fingerprint density at radius 1 is 1.14 bits per heavy atom. The molecule has 188 valence electrons. The van der Waals surface area contributed by atoms with Crippen molar-refractivity contribution in [3.63, 3.8) is 0 Å². The predicted octanol–water partition coefficient (Wildman–Crippen LogP) is 5.06. The number of amides is 2. The lowest BCUT2D eigenvalue weighted by Gasteiger charge is -2.23. The molecule has 10 heteroatoms. The summed E-state index contributed by atoms with van der Waals surface area (Å²) in [6.07, 6.45) is -2.17. The van der Waals surface area contributed by atoms with Crippen LogP contribution in [0.5, 0.6) is 0 Å². The maximum Gasteiger partial charge on any atom is 0.416 e. The molecule has 0 fully saturated rings. The molecule has 0 radical (unpaired) electrons. The number of carbonyl (C=O) groups is 2. The van der Waals surface area contributed by atoms with Crippen molar-refractivity contribution in [3.05, 3.63) is 65.2 Å². The zero-order valence-electron chi connectivity index (χ0n) is 19.5. The van der Waals surface area contributed by atoms with Crippen molar-refractivity contribution >= 4 is 39.4 Å². The SMILES string of the molecule is CCCCC[C@@H](CNBr)C(=O)NC1N=C(c2ccc(C(F)(F)F)cc2)c2ccccc2N(C)C1=O. The van der Waals surface area contributed by atoms with Gasteiger partial charge in [-0.25, -0.2) is 4.99 Å². The van der Waals surface area contributed by atoms with Crippen molar-refractivity contribution < 1.29 is 22.8 Å². The standard InChI is InChI=1S/C25H28BrF3N4O2/c1-3-4-5-8-17(15-30-26)23(34)32-22-24(35)33(2)20-10-7-6-9-19(20)21(31-22)16-11-13-18(14-12-16)25(27,28)29/h6-7,9-14,17,22,30H,3-5,8,15H2,1-2H3,(H,32,34)/t17-,22?/m0/s1. The Hall–Kier alpha value is -2.72. The maximum absolute atomic E-state index is 13.3. The number of nitrogens with zero attached hydrogens (tertiary/aromatic N) is 2. The normalized spacial score (nSPS) is 16.9. The lowest BCUT2D eigenvalue weighted by Crippen LogP contribution is -2.48. The summed E-state index contributed by atoms with van der Waals surface area (Å²) in [6, 6.07) is 11.6. The number of unbranched alkanes of at least 4 members (excludes halogenated alkanes) is 2. The third-order valence-corrected chi connectivity index (χ3v) is 6.28. The molecule has 0 bridgehead atoms. The lowest BCUT2D eigenvalue weighted by atomic mass is 9.99. The van der Waals surface area contributed by atoms with Crippen LogP contribution in [0.25, 0.3) is 0 Å². The summed E-state index contributed by atoms with van der Waals surface area (Å²) in [4.78, 5) is 32.4. The molecule has 0 saturated heterocycles. The zero-order chi connectivity index (χ0) is 25.6. The molecule has 6 nitrogen and oxygen atoms in total. The minimum atomic E-state index is -4.47. The summed E-state index contributed by atoms with van der Waals surface area (Å²) in [7, 11) is 1.59. The van der Waals surface area contributed by atoms with Crippen LogP contribution in [0.15, 0.2) is 53.5 Å². The monoisotopic (exact) mass is 552 g/mol. The fourth-order valence-corrected chi connectivity index (χ4v) is 4.37. The molecule has 2 N–H and O–H groups in total. The van der Waals surface area contributed by atoms with Crippen molar-refractivity contribution in [2.75, 3.05) is 18.5 Å². The molecule has 2 atom stereocenters. The van der Waals surface area contributed by atoms with Gasteiger partial charge in [0.05, 0.1) is 22.9 Å². The Balaban J connectivity index is 1.99. The van der Waals surface area contributed by atoms with Gasteiger partial charge in [0.2, 0.25) is 12.1 Å². The number of benzodiazepines with no additional fused rings is 1. The first-order valence-corrected chi connectivity index (χ1v) is 12.2. The van der Waals surface area contributed by atoms with E-state index in [0.29, 0.717) is 35.5 Å². The summed E-state index contributed by atoms with van der Waals surface area (Å²) in [5.41, 5.74) is 1.10. The van der Waals surface area contributed by atoms with Crippen LogP contribution in [-0.2, 0) is 15.8 Å². The molecule has 3 rings (SSSR count). The van der Waals surface area contributed by atoms with Gasteiger partial charge in [0.15, 0.2) is 0 Å². The van der Waals surface area contributed by atoms with Crippen LogP contribution < -0.4 is 14.6 Å². The number of rotatable bonds is 9. The lowest BCUT2D eigenvalue weighted by molar-refractivity contribution is -0.137. The van der Waals surface area contributed by atoms with E-state index in [4.69, 9.17) is 0 Å². The summed E-state index contributed by atoms with van der Waals surface area (Å²) in [6.45, 7) is 2.45. The number of halogens is 4. The molecular formula is C25H28BrF3N4O2. The first kappa shape index (κ1) is 26.9. The molecule has 0 spiro atoms. The Labute approximate surface area is 211 Å². The van der Waals surface area contributed by atoms with Crippen molar-refractivity contribution in [2.24, 2.45) is 10.9 Å². The summed E-state index contributed by atoms with van der Waals surface area (Å²) in [5.74, 6) is -1.14. The first-order chi connectivity index (χ1) is 16.7. The topological polar surface area (TPSA) is 73.8 Å². The number of benzene rings is 2. The van der Waals surface area contributed by atoms with E-state index in [1.165, 1.54) is 17.0 Å². The highest BCUT2D eigenvalue weighted by Crippen LogP contribution is 2.31. The van der Waals surface area contributed by atoms with Crippen molar-refractivity contribution in [1.82, 2.24) is 9.66 Å². The Kier molecular flexibility index (Phi) is 9.07. The smallest absolute Gasteiger partial charge is 0.326 e. The second kappa shape index (κ2) is 11.8. The molecule has 1 aliphatic rings. The highest BCUT2D eigenvalue weighted by Gasteiger charge is 2.33. The van der Waals surface area contributed by atoms with Crippen LogP contribution in [0.1, 0.15) is 49.3 Å². The minimum absolute atomic E-state index is 0.318. The quantitative estimate of drug-likeness (QED) is 0.337. The number of nitrogens with one attached hydrogen (secondary N) is 2. The van der Waals surface area contributed by atoms with E-state index in [1.807, 2.05) is 0 Å². The number of carbonyl (C=O) groups excluding carboxylic acids is 2. The molecule has 2 amide bonds. The fourth-order valence-electron chi connectivity index (χ4n) is 3.98. The summed E-state index contributed by atoms with van der Waals surface area (Å²) < 4.78 is 42.1. The van der Waals surface area contributed by atoms with E-state index < -0.39 is 23.8 Å². The van der Waals surface area contributed by atoms with Gasteiger partial charge in [-0.2, -0.15) is 13.2 Å². The van der Waals surface area contributed by atoms with Gasteiger partial charge in [-0.15, -0.1) is 0 Å². The van der Waals surface area contributed by atoms with Crippen LogP contribution in [0, 0.1) is 5.92 Å². The highest BCUT2D eigenvalue weighted by molar-refractivity contribution is 9.08. The third-order valence-electron chi connectivity index (χ3n) is 5.96. The van der Waals surface area contributed by atoms with Gasteiger partial charge in [0.25, 0.3) is 5.91 Å². The van der Waals surface area contributed by atoms with E-state index in [-0.39, 0.29) is 11.8 Å². The molecule has 1 unspecified atom stereocenters. The molecule has 2 aromatic rings. The van der Waals surface area contributed by atoms with Gasteiger partial charge in [-0.1, -0.05) is 56.5 Å². The van der Waals surface area contributed by atoms with Crippen LogP contribution in [-0.4, -0.2) is 37.3 Å². The second-order valence-corrected chi connectivity index (χ2v) is 8.97.